The highest BCUT2D eigenvalue weighted by molar-refractivity contribution is 6.31. The van der Waals surface area contributed by atoms with Crippen LogP contribution >= 0.6 is 11.6 Å². The molecule has 4 rings (SSSR count). The molecule has 2 aromatic heterocycles. The first-order chi connectivity index (χ1) is 13.1. The molecule has 0 bridgehead atoms. The van der Waals surface area contributed by atoms with E-state index in [0.29, 0.717) is 23.0 Å². The molecule has 0 atom stereocenters. The summed E-state index contributed by atoms with van der Waals surface area (Å²) in [6, 6.07) is 13.2. The standard InChI is InChI=1S/C21H20ClN3O2/c22-18-5-1-4-16(21(26)27)17(18)13-25-11-8-14(9-12-25)19-7-6-15-3-2-10-23-20(15)24-19/h1-7,10,14H,8-9,11-13H2,(H,26,27). The van der Waals surface area contributed by atoms with Crippen molar-refractivity contribution in [1.82, 2.24) is 14.9 Å². The Hall–Kier alpha value is -2.50. The lowest BCUT2D eigenvalue weighted by molar-refractivity contribution is 0.0694. The number of piperidine rings is 1. The summed E-state index contributed by atoms with van der Waals surface area (Å²) >= 11 is 6.27. The third-order valence-electron chi connectivity index (χ3n) is 5.22. The summed E-state index contributed by atoms with van der Waals surface area (Å²) in [6.45, 7) is 2.33. The summed E-state index contributed by atoms with van der Waals surface area (Å²) in [6.07, 6.45) is 3.74. The van der Waals surface area contributed by atoms with Gasteiger partial charge in [0.05, 0.1) is 5.56 Å². The van der Waals surface area contributed by atoms with Gasteiger partial charge in [0.25, 0.3) is 0 Å². The molecular weight excluding hydrogens is 362 g/mol. The van der Waals surface area contributed by atoms with E-state index in [0.717, 1.165) is 42.7 Å². The molecule has 0 amide bonds. The third kappa shape index (κ3) is 3.80. The first-order valence-corrected chi connectivity index (χ1v) is 9.44. The van der Waals surface area contributed by atoms with E-state index >= 15 is 0 Å². The van der Waals surface area contributed by atoms with E-state index in [2.05, 4.69) is 22.0 Å². The number of hydrogen-bond acceptors (Lipinski definition) is 4. The van der Waals surface area contributed by atoms with Crippen LogP contribution in [-0.4, -0.2) is 39.0 Å². The molecule has 1 aliphatic heterocycles. The van der Waals surface area contributed by atoms with Crippen molar-refractivity contribution in [1.29, 1.82) is 0 Å². The summed E-state index contributed by atoms with van der Waals surface area (Å²) < 4.78 is 0. The van der Waals surface area contributed by atoms with E-state index in [1.54, 1.807) is 24.4 Å². The number of likely N-dealkylation sites (tertiary alicyclic amines) is 1. The number of aromatic carboxylic acids is 1. The topological polar surface area (TPSA) is 66.3 Å². The van der Waals surface area contributed by atoms with Crippen LogP contribution in [0.5, 0.6) is 0 Å². The minimum absolute atomic E-state index is 0.284. The van der Waals surface area contributed by atoms with Gasteiger partial charge in [-0.1, -0.05) is 17.7 Å². The Morgan fingerprint density at radius 1 is 1.15 bits per heavy atom. The van der Waals surface area contributed by atoms with Crippen LogP contribution in [0.15, 0.2) is 48.7 Å². The third-order valence-corrected chi connectivity index (χ3v) is 5.58. The Bertz CT molecular complexity index is 984. The van der Waals surface area contributed by atoms with Crippen LogP contribution in [0.2, 0.25) is 5.02 Å². The number of carboxylic acid groups (broad SMARTS) is 1. The van der Waals surface area contributed by atoms with Crippen LogP contribution in [0.25, 0.3) is 11.0 Å². The van der Waals surface area contributed by atoms with Crippen LogP contribution < -0.4 is 0 Å². The largest absolute Gasteiger partial charge is 0.478 e. The number of rotatable bonds is 4. The molecule has 3 heterocycles. The summed E-state index contributed by atoms with van der Waals surface area (Å²) in [5, 5.41) is 11.0. The number of pyridine rings is 2. The zero-order chi connectivity index (χ0) is 18.8. The minimum atomic E-state index is -0.935. The molecule has 0 unspecified atom stereocenters. The lowest BCUT2D eigenvalue weighted by atomic mass is 9.92. The smallest absolute Gasteiger partial charge is 0.336 e. The van der Waals surface area contributed by atoms with E-state index in [-0.39, 0.29) is 5.56 Å². The lowest BCUT2D eigenvalue weighted by Crippen LogP contribution is -2.33. The molecule has 0 radical (unpaired) electrons. The Kier molecular flexibility index (Phi) is 5.05. The van der Waals surface area contributed by atoms with E-state index in [1.807, 2.05) is 12.1 Å². The van der Waals surface area contributed by atoms with E-state index < -0.39 is 5.97 Å². The zero-order valence-corrected chi connectivity index (χ0v) is 15.6. The van der Waals surface area contributed by atoms with Gasteiger partial charge in [0, 0.05) is 34.8 Å². The molecule has 5 nitrogen and oxygen atoms in total. The molecule has 0 aliphatic carbocycles. The highest BCUT2D eigenvalue weighted by Crippen LogP contribution is 2.30. The Balaban J connectivity index is 1.45. The molecule has 0 saturated carbocycles. The van der Waals surface area contributed by atoms with Gasteiger partial charge in [0.2, 0.25) is 0 Å². The molecule has 6 heteroatoms. The van der Waals surface area contributed by atoms with Gasteiger partial charge in [-0.2, -0.15) is 0 Å². The highest BCUT2D eigenvalue weighted by atomic mass is 35.5. The minimum Gasteiger partial charge on any atom is -0.478 e. The molecule has 1 fully saturated rings. The predicted octanol–water partition coefficient (Wildman–Crippen LogP) is 4.36. The Morgan fingerprint density at radius 2 is 1.96 bits per heavy atom. The molecule has 1 N–H and O–H groups in total. The summed E-state index contributed by atoms with van der Waals surface area (Å²) in [7, 11) is 0. The van der Waals surface area contributed by atoms with Crippen molar-refractivity contribution < 1.29 is 9.90 Å². The molecule has 1 saturated heterocycles. The van der Waals surface area contributed by atoms with Gasteiger partial charge in [-0.3, -0.25) is 4.90 Å². The summed E-state index contributed by atoms with van der Waals surface area (Å²) in [4.78, 5) is 22.8. The van der Waals surface area contributed by atoms with Gasteiger partial charge in [0.1, 0.15) is 0 Å². The van der Waals surface area contributed by atoms with Gasteiger partial charge >= 0.3 is 5.97 Å². The maximum atomic E-state index is 11.5. The van der Waals surface area contributed by atoms with Crippen LogP contribution in [0.4, 0.5) is 0 Å². The molecule has 1 aromatic carbocycles. The second-order valence-electron chi connectivity index (χ2n) is 6.91. The maximum Gasteiger partial charge on any atom is 0.336 e. The first-order valence-electron chi connectivity index (χ1n) is 9.06. The average Bonchev–Trinajstić information content (AvgIpc) is 2.69. The number of benzene rings is 1. The lowest BCUT2D eigenvalue weighted by Gasteiger charge is -2.32. The maximum absolute atomic E-state index is 11.5. The van der Waals surface area contributed by atoms with Crippen molar-refractivity contribution in [2.75, 3.05) is 13.1 Å². The number of aromatic nitrogens is 2. The number of nitrogens with zero attached hydrogens (tertiary/aromatic N) is 3. The number of carbonyl (C=O) groups is 1. The number of carboxylic acids is 1. The molecule has 0 spiro atoms. The van der Waals surface area contributed by atoms with Crippen molar-refractivity contribution in [3.05, 3.63) is 70.5 Å². The van der Waals surface area contributed by atoms with Gasteiger partial charge in [-0.25, -0.2) is 14.8 Å². The SMILES string of the molecule is O=C(O)c1cccc(Cl)c1CN1CCC(c2ccc3cccnc3n2)CC1. The zero-order valence-electron chi connectivity index (χ0n) is 14.8. The predicted molar refractivity (Wildman–Crippen MR) is 105 cm³/mol. The fourth-order valence-electron chi connectivity index (χ4n) is 3.73. The van der Waals surface area contributed by atoms with Crippen molar-refractivity contribution >= 4 is 28.6 Å². The van der Waals surface area contributed by atoms with Crippen LogP contribution in [0, 0.1) is 0 Å². The molecule has 3 aromatic rings. The molecule has 27 heavy (non-hydrogen) atoms. The molecule has 1 aliphatic rings. The van der Waals surface area contributed by atoms with Crippen molar-refractivity contribution in [2.24, 2.45) is 0 Å². The van der Waals surface area contributed by atoms with Crippen LogP contribution in [0.1, 0.15) is 40.4 Å². The van der Waals surface area contributed by atoms with E-state index in [4.69, 9.17) is 16.6 Å². The number of hydrogen-bond donors (Lipinski definition) is 1. The van der Waals surface area contributed by atoms with Gasteiger partial charge in [0.15, 0.2) is 5.65 Å². The fourth-order valence-corrected chi connectivity index (χ4v) is 3.96. The summed E-state index contributed by atoms with van der Waals surface area (Å²) in [5.41, 5.74) is 2.86. The number of fused-ring (bicyclic) bond motifs is 1. The fraction of sp³-hybridized carbons (Fsp3) is 0.286. The quantitative estimate of drug-likeness (QED) is 0.727. The molecule has 138 valence electrons. The number of halogens is 1. The van der Waals surface area contributed by atoms with Crippen LogP contribution in [-0.2, 0) is 6.54 Å². The van der Waals surface area contributed by atoms with Gasteiger partial charge in [-0.05, 0) is 67.9 Å². The second-order valence-corrected chi connectivity index (χ2v) is 7.31. The summed E-state index contributed by atoms with van der Waals surface area (Å²) in [5.74, 6) is -0.534. The van der Waals surface area contributed by atoms with E-state index in [1.165, 1.54) is 0 Å². The van der Waals surface area contributed by atoms with Crippen molar-refractivity contribution in [2.45, 2.75) is 25.3 Å². The van der Waals surface area contributed by atoms with Gasteiger partial charge < -0.3 is 5.11 Å². The average molecular weight is 382 g/mol. The second kappa shape index (κ2) is 7.62. The van der Waals surface area contributed by atoms with E-state index in [9.17, 15) is 9.90 Å². The Labute approximate surface area is 162 Å². The Morgan fingerprint density at radius 3 is 2.74 bits per heavy atom. The van der Waals surface area contributed by atoms with Crippen molar-refractivity contribution in [3.63, 3.8) is 0 Å². The first kappa shape index (κ1) is 17.9. The molecular formula is C21H20ClN3O2. The van der Waals surface area contributed by atoms with Gasteiger partial charge in [-0.15, -0.1) is 0 Å². The monoisotopic (exact) mass is 381 g/mol. The highest BCUT2D eigenvalue weighted by Gasteiger charge is 2.24. The van der Waals surface area contributed by atoms with Crippen LogP contribution in [0.3, 0.4) is 0 Å². The normalized spacial score (nSPS) is 15.9. The van der Waals surface area contributed by atoms with Crippen molar-refractivity contribution in [3.8, 4) is 0 Å².